The lowest BCUT2D eigenvalue weighted by atomic mass is 9.67. The highest BCUT2D eigenvalue weighted by molar-refractivity contribution is 5.87. The number of carboxylic acids is 1. The average Bonchev–Trinajstić information content (AvgIpc) is 2.64. The van der Waals surface area contributed by atoms with Crippen LogP contribution in [0.4, 0.5) is 0 Å². The highest BCUT2D eigenvalue weighted by atomic mass is 16.5. The summed E-state index contributed by atoms with van der Waals surface area (Å²) in [6.45, 7) is 10.8. The van der Waals surface area contributed by atoms with E-state index in [1.807, 2.05) is 12.1 Å². The summed E-state index contributed by atoms with van der Waals surface area (Å²) in [5.41, 5.74) is 1.80. The lowest BCUT2D eigenvalue weighted by Gasteiger charge is -2.46. The van der Waals surface area contributed by atoms with Crippen LogP contribution < -0.4 is 4.74 Å². The van der Waals surface area contributed by atoms with Crippen LogP contribution in [0.25, 0.3) is 0 Å². The zero-order chi connectivity index (χ0) is 21.4. The molecule has 1 aromatic carbocycles. The molecule has 0 spiro atoms. The smallest absolute Gasteiger partial charge is 0.331 e. The largest absolute Gasteiger partial charge is 0.507 e. The first-order valence-corrected chi connectivity index (χ1v) is 11.1. The summed E-state index contributed by atoms with van der Waals surface area (Å²) in [5, 5.41) is 20.5. The van der Waals surface area contributed by atoms with Crippen LogP contribution in [0.5, 0.6) is 11.5 Å². The van der Waals surface area contributed by atoms with E-state index in [2.05, 4.69) is 40.7 Å². The van der Waals surface area contributed by atoms with Crippen molar-refractivity contribution in [2.24, 2.45) is 5.92 Å². The number of rotatable bonds is 7. The number of hydrogen-bond acceptors (Lipinski definition) is 3. The number of aromatic hydroxyl groups is 1. The van der Waals surface area contributed by atoms with Gasteiger partial charge >= 0.3 is 5.97 Å². The number of phenols is 1. The Bertz CT molecular complexity index is 803. The fraction of sp³-hybridized carbons (Fsp3) is 0.640. The molecular formula is C25H36O4. The molecular weight excluding hydrogens is 364 g/mol. The molecule has 2 aliphatic rings. The van der Waals surface area contributed by atoms with Gasteiger partial charge in [-0.3, -0.25) is 0 Å². The number of unbranched alkanes of at least 4 members (excludes halogenated alkanes) is 3. The monoisotopic (exact) mass is 400 g/mol. The van der Waals surface area contributed by atoms with Crippen molar-refractivity contribution in [3.8, 4) is 11.5 Å². The van der Waals surface area contributed by atoms with Gasteiger partial charge in [0.2, 0.25) is 0 Å². The standard InChI is InChI=1S/C25H36O4/c1-6-7-8-9-12-24(2,3)17-14-20(26)22-18-13-16(23(27)28)10-11-19(18)25(4,5)29-21(22)15-17/h13-15,18-19,26H,6-12H2,1-5H3,(H,27,28)/t18-,19-/m1/s1. The molecule has 1 aliphatic carbocycles. The Morgan fingerprint density at radius 3 is 2.62 bits per heavy atom. The zero-order valence-corrected chi connectivity index (χ0v) is 18.5. The number of ether oxygens (including phenoxy) is 1. The Morgan fingerprint density at radius 1 is 1.24 bits per heavy atom. The minimum Gasteiger partial charge on any atom is -0.507 e. The fourth-order valence-corrected chi connectivity index (χ4v) is 5.07. The zero-order valence-electron chi connectivity index (χ0n) is 18.5. The molecule has 0 aromatic heterocycles. The molecule has 0 amide bonds. The van der Waals surface area contributed by atoms with Crippen molar-refractivity contribution >= 4 is 5.97 Å². The van der Waals surface area contributed by atoms with Gasteiger partial charge in [0, 0.05) is 23.0 Å². The van der Waals surface area contributed by atoms with E-state index in [-0.39, 0.29) is 23.0 Å². The SMILES string of the molecule is CCCCCCC(C)(C)c1cc(O)c2c(c1)OC(C)(C)[C@@H]1CCC(C(=O)O)=C[C@@H]21. The van der Waals surface area contributed by atoms with Gasteiger partial charge in [-0.2, -0.15) is 0 Å². The highest BCUT2D eigenvalue weighted by Crippen LogP contribution is 2.54. The number of aliphatic carboxylic acids is 1. The van der Waals surface area contributed by atoms with E-state index >= 15 is 0 Å². The van der Waals surface area contributed by atoms with E-state index in [0.717, 1.165) is 24.0 Å². The molecule has 1 aromatic rings. The van der Waals surface area contributed by atoms with Crippen LogP contribution in [-0.4, -0.2) is 21.8 Å². The van der Waals surface area contributed by atoms with Gasteiger partial charge in [0.1, 0.15) is 17.1 Å². The summed E-state index contributed by atoms with van der Waals surface area (Å²) in [5.74, 6) is 0.0918. The third-order valence-electron chi connectivity index (χ3n) is 6.97. The maximum Gasteiger partial charge on any atom is 0.331 e. The molecule has 3 rings (SSSR count). The lowest BCUT2D eigenvalue weighted by Crippen LogP contribution is -2.45. The molecule has 1 heterocycles. The summed E-state index contributed by atoms with van der Waals surface area (Å²) in [6, 6.07) is 3.95. The molecule has 2 atom stereocenters. The second kappa shape index (κ2) is 8.04. The Morgan fingerprint density at radius 2 is 1.97 bits per heavy atom. The van der Waals surface area contributed by atoms with Gasteiger partial charge in [0.25, 0.3) is 0 Å². The van der Waals surface area contributed by atoms with Crippen molar-refractivity contribution in [3.05, 3.63) is 34.9 Å². The van der Waals surface area contributed by atoms with E-state index in [4.69, 9.17) is 4.74 Å². The number of benzene rings is 1. The van der Waals surface area contributed by atoms with Crippen molar-refractivity contribution in [1.82, 2.24) is 0 Å². The van der Waals surface area contributed by atoms with Crippen molar-refractivity contribution < 1.29 is 19.7 Å². The molecule has 0 bridgehead atoms. The first-order valence-electron chi connectivity index (χ1n) is 11.1. The second-order valence-corrected chi connectivity index (χ2v) is 9.98. The number of fused-ring (bicyclic) bond motifs is 3. The molecule has 0 saturated heterocycles. The topological polar surface area (TPSA) is 66.8 Å². The first kappa shape index (κ1) is 21.7. The van der Waals surface area contributed by atoms with Crippen LogP contribution >= 0.6 is 0 Å². The quantitative estimate of drug-likeness (QED) is 0.526. The predicted molar refractivity (Wildman–Crippen MR) is 116 cm³/mol. The van der Waals surface area contributed by atoms with E-state index in [1.165, 1.54) is 25.7 Å². The third-order valence-corrected chi connectivity index (χ3v) is 6.97. The van der Waals surface area contributed by atoms with Crippen molar-refractivity contribution in [2.75, 3.05) is 0 Å². The van der Waals surface area contributed by atoms with Crippen LogP contribution in [0.1, 0.15) is 96.6 Å². The molecule has 29 heavy (non-hydrogen) atoms. The van der Waals surface area contributed by atoms with Gasteiger partial charge in [0.15, 0.2) is 0 Å². The fourth-order valence-electron chi connectivity index (χ4n) is 5.07. The Hall–Kier alpha value is -1.97. The summed E-state index contributed by atoms with van der Waals surface area (Å²) in [4.78, 5) is 11.6. The van der Waals surface area contributed by atoms with Crippen LogP contribution in [0, 0.1) is 5.92 Å². The highest BCUT2D eigenvalue weighted by Gasteiger charge is 2.46. The Labute approximate surface area is 175 Å². The number of carboxylic acid groups (broad SMARTS) is 1. The second-order valence-electron chi connectivity index (χ2n) is 9.98. The van der Waals surface area contributed by atoms with E-state index in [9.17, 15) is 15.0 Å². The van der Waals surface area contributed by atoms with Crippen molar-refractivity contribution in [3.63, 3.8) is 0 Å². The summed E-state index contributed by atoms with van der Waals surface area (Å²) < 4.78 is 6.41. The molecule has 0 radical (unpaired) electrons. The summed E-state index contributed by atoms with van der Waals surface area (Å²) in [7, 11) is 0. The van der Waals surface area contributed by atoms with Gasteiger partial charge in [-0.25, -0.2) is 4.79 Å². The molecule has 2 N–H and O–H groups in total. The first-order chi connectivity index (χ1) is 13.6. The average molecular weight is 401 g/mol. The lowest BCUT2D eigenvalue weighted by molar-refractivity contribution is -0.133. The van der Waals surface area contributed by atoms with Gasteiger partial charge < -0.3 is 14.9 Å². The van der Waals surface area contributed by atoms with Crippen LogP contribution in [0.3, 0.4) is 0 Å². The number of allylic oxidation sites excluding steroid dienone is 1. The predicted octanol–water partition coefficient (Wildman–Crippen LogP) is 6.32. The number of hydrogen-bond donors (Lipinski definition) is 2. The minimum atomic E-state index is -0.862. The molecule has 0 fully saturated rings. The molecule has 160 valence electrons. The number of phenolic OH excluding ortho intramolecular Hbond substituents is 1. The molecule has 4 heteroatoms. The van der Waals surface area contributed by atoms with Gasteiger partial charge in [-0.05, 0) is 56.2 Å². The number of carbonyl (C=O) groups is 1. The normalized spacial score (nSPS) is 22.9. The minimum absolute atomic E-state index is 0.0563. The molecule has 0 saturated carbocycles. The van der Waals surface area contributed by atoms with Crippen LogP contribution in [-0.2, 0) is 10.2 Å². The molecule has 4 nitrogen and oxygen atoms in total. The maximum absolute atomic E-state index is 11.6. The Balaban J connectivity index is 1.98. The van der Waals surface area contributed by atoms with Crippen molar-refractivity contribution in [2.45, 2.75) is 96.5 Å². The van der Waals surface area contributed by atoms with Crippen LogP contribution in [0.2, 0.25) is 0 Å². The molecule has 0 unspecified atom stereocenters. The summed E-state index contributed by atoms with van der Waals surface area (Å²) >= 11 is 0. The van der Waals surface area contributed by atoms with Gasteiger partial charge in [-0.1, -0.05) is 52.5 Å². The van der Waals surface area contributed by atoms with E-state index < -0.39 is 11.6 Å². The third kappa shape index (κ3) is 4.31. The van der Waals surface area contributed by atoms with Gasteiger partial charge in [0.05, 0.1) is 0 Å². The van der Waals surface area contributed by atoms with E-state index in [1.54, 1.807) is 0 Å². The van der Waals surface area contributed by atoms with E-state index in [0.29, 0.717) is 17.7 Å². The maximum atomic E-state index is 11.6. The summed E-state index contributed by atoms with van der Waals surface area (Å²) in [6.07, 6.45) is 9.06. The Kier molecular flexibility index (Phi) is 6.03. The van der Waals surface area contributed by atoms with Gasteiger partial charge in [-0.15, -0.1) is 0 Å². The van der Waals surface area contributed by atoms with Crippen molar-refractivity contribution in [1.29, 1.82) is 0 Å². The molecule has 1 aliphatic heterocycles. The van der Waals surface area contributed by atoms with Crippen LogP contribution in [0.15, 0.2) is 23.8 Å².